The lowest BCUT2D eigenvalue weighted by Crippen LogP contribution is -1.95. The normalized spacial score (nSPS) is 10.5. The van der Waals surface area contributed by atoms with Crippen LogP contribution in [0.1, 0.15) is 5.56 Å². The Balaban J connectivity index is 2.28. The molecule has 1 aromatic heterocycles. The summed E-state index contributed by atoms with van der Waals surface area (Å²) in [4.78, 5) is 3.17. The van der Waals surface area contributed by atoms with Gasteiger partial charge in [-0.05, 0) is 58.5 Å². The molecule has 0 saturated heterocycles. The molecule has 0 spiro atoms. The number of imidazole rings is 1. The summed E-state index contributed by atoms with van der Waals surface area (Å²) in [6.45, 7) is 0. The molecule has 6 heteroatoms. The number of aromatic nitrogens is 2. The fourth-order valence-corrected chi connectivity index (χ4v) is 3.08. The van der Waals surface area contributed by atoms with Crippen LogP contribution in [0.15, 0.2) is 40.9 Å². The van der Waals surface area contributed by atoms with E-state index in [0.717, 1.165) is 26.9 Å². The summed E-state index contributed by atoms with van der Waals surface area (Å²) in [6, 6.07) is 13.3. The second-order valence-corrected chi connectivity index (χ2v) is 5.67. The number of hydrogen-bond acceptors (Lipinski definition) is 3. The molecule has 104 valence electrons. The number of ether oxygens (including phenoxy) is 1. The van der Waals surface area contributed by atoms with Crippen molar-refractivity contribution in [3.63, 3.8) is 0 Å². The van der Waals surface area contributed by atoms with Crippen molar-refractivity contribution in [3.05, 3.63) is 51.2 Å². The van der Waals surface area contributed by atoms with Gasteiger partial charge < -0.3 is 9.72 Å². The average molecular weight is 360 g/mol. The molecule has 1 N–H and O–H groups in total. The molecule has 0 fully saturated rings. The summed E-state index contributed by atoms with van der Waals surface area (Å²) in [5.74, 6) is 0.768. The van der Waals surface area contributed by atoms with Crippen LogP contribution in [0.3, 0.4) is 0 Å². The fraction of sp³-hybridized carbons (Fsp3) is 0.0667. The number of methoxy groups -OCH3 is 1. The number of fused-ring (bicyclic) bond motifs is 1. The third kappa shape index (κ3) is 2.35. The highest BCUT2D eigenvalue weighted by Crippen LogP contribution is 2.28. The van der Waals surface area contributed by atoms with Crippen LogP contribution in [0.4, 0.5) is 0 Å². The van der Waals surface area contributed by atoms with E-state index in [1.54, 1.807) is 19.2 Å². The van der Waals surface area contributed by atoms with E-state index >= 15 is 0 Å². The first-order chi connectivity index (χ1) is 10.1. The van der Waals surface area contributed by atoms with Crippen molar-refractivity contribution >= 4 is 39.2 Å². The molecule has 21 heavy (non-hydrogen) atoms. The summed E-state index contributed by atoms with van der Waals surface area (Å²) >= 11 is 8.92. The lowest BCUT2D eigenvalue weighted by Gasteiger charge is -2.08. The molecule has 3 aromatic rings. The third-order valence-corrected chi connectivity index (χ3v) is 4.13. The van der Waals surface area contributed by atoms with E-state index in [1.807, 2.05) is 28.8 Å². The van der Waals surface area contributed by atoms with E-state index in [-0.39, 0.29) is 0 Å². The number of H-pyrrole nitrogens is 1. The molecule has 0 bridgehead atoms. The van der Waals surface area contributed by atoms with Crippen molar-refractivity contribution in [1.82, 2.24) is 9.55 Å². The van der Waals surface area contributed by atoms with Crippen LogP contribution in [-0.4, -0.2) is 16.7 Å². The Bertz CT molecular complexity index is 936. The summed E-state index contributed by atoms with van der Waals surface area (Å²) in [6.07, 6.45) is 0. The zero-order chi connectivity index (χ0) is 15.0. The first-order valence-electron chi connectivity index (χ1n) is 6.13. The van der Waals surface area contributed by atoms with E-state index in [0.29, 0.717) is 10.3 Å². The predicted octanol–water partition coefficient (Wildman–Crippen LogP) is 4.33. The van der Waals surface area contributed by atoms with Crippen molar-refractivity contribution in [2.24, 2.45) is 0 Å². The summed E-state index contributed by atoms with van der Waals surface area (Å²) in [5, 5.41) is 8.95. The maximum absolute atomic E-state index is 8.95. The molecule has 0 aliphatic heterocycles. The molecule has 0 aliphatic rings. The van der Waals surface area contributed by atoms with Gasteiger partial charge in [-0.2, -0.15) is 5.26 Å². The van der Waals surface area contributed by atoms with Crippen molar-refractivity contribution in [2.45, 2.75) is 0 Å². The van der Waals surface area contributed by atoms with E-state index in [2.05, 4.69) is 27.0 Å². The Morgan fingerprint density at radius 2 is 2.10 bits per heavy atom. The Morgan fingerprint density at radius 3 is 2.76 bits per heavy atom. The third-order valence-electron chi connectivity index (χ3n) is 3.21. The number of benzene rings is 2. The Kier molecular flexibility index (Phi) is 3.53. The first-order valence-corrected chi connectivity index (χ1v) is 7.33. The van der Waals surface area contributed by atoms with Gasteiger partial charge in [0.15, 0.2) is 4.77 Å². The van der Waals surface area contributed by atoms with Gasteiger partial charge >= 0.3 is 0 Å². The quantitative estimate of drug-likeness (QED) is 0.692. The van der Waals surface area contributed by atoms with Gasteiger partial charge in [-0.15, -0.1) is 0 Å². The molecular formula is C15H10BrN3OS. The summed E-state index contributed by atoms with van der Waals surface area (Å²) in [7, 11) is 1.63. The smallest absolute Gasteiger partial charge is 0.182 e. The minimum atomic E-state index is 0.587. The van der Waals surface area contributed by atoms with Crippen LogP contribution in [0.25, 0.3) is 16.7 Å². The molecule has 0 amide bonds. The van der Waals surface area contributed by atoms with E-state index < -0.39 is 0 Å². The van der Waals surface area contributed by atoms with Crippen LogP contribution >= 0.6 is 28.1 Å². The Morgan fingerprint density at radius 1 is 1.29 bits per heavy atom. The zero-order valence-corrected chi connectivity index (χ0v) is 13.5. The largest absolute Gasteiger partial charge is 0.497 e. The molecule has 0 unspecified atom stereocenters. The molecule has 4 nitrogen and oxygen atoms in total. The van der Waals surface area contributed by atoms with Gasteiger partial charge in [0, 0.05) is 10.5 Å². The Labute approximate surface area is 134 Å². The number of nitrogens with zero attached hydrogens (tertiary/aromatic N) is 2. The molecule has 1 heterocycles. The number of hydrogen-bond donors (Lipinski definition) is 1. The van der Waals surface area contributed by atoms with Crippen molar-refractivity contribution in [3.8, 4) is 17.5 Å². The minimum absolute atomic E-state index is 0.587. The standard InChI is InChI=1S/C15H10BrN3OS/c1-20-10-3-5-14-12(7-10)18-15(21)19(14)13-4-2-9(8-17)6-11(13)16/h2-7H,1H3,(H,18,21). The van der Waals surface area contributed by atoms with Crippen molar-refractivity contribution in [2.75, 3.05) is 7.11 Å². The van der Waals surface area contributed by atoms with Gasteiger partial charge in [0.05, 0.1) is 35.5 Å². The number of nitrogens with one attached hydrogen (secondary N) is 1. The molecule has 2 aromatic carbocycles. The SMILES string of the molecule is COc1ccc2c(c1)[nH]c(=S)n2-c1ccc(C#N)cc1Br. The van der Waals surface area contributed by atoms with E-state index in [1.165, 1.54) is 0 Å². The second-order valence-electron chi connectivity index (χ2n) is 4.43. The van der Waals surface area contributed by atoms with Crippen molar-refractivity contribution < 1.29 is 4.74 Å². The van der Waals surface area contributed by atoms with Gasteiger partial charge in [0.1, 0.15) is 5.75 Å². The highest BCUT2D eigenvalue weighted by Gasteiger charge is 2.10. The molecule has 3 rings (SSSR count). The van der Waals surface area contributed by atoms with Gasteiger partial charge in [0.25, 0.3) is 0 Å². The van der Waals surface area contributed by atoms with E-state index in [4.69, 9.17) is 22.2 Å². The second kappa shape index (κ2) is 5.35. The Hall–Kier alpha value is -2.10. The molecule has 0 aliphatic carbocycles. The summed E-state index contributed by atoms with van der Waals surface area (Å²) in [5.41, 5.74) is 3.33. The van der Waals surface area contributed by atoms with Gasteiger partial charge in [0.2, 0.25) is 0 Å². The molecule has 0 saturated carbocycles. The van der Waals surface area contributed by atoms with Crippen LogP contribution < -0.4 is 4.74 Å². The topological polar surface area (TPSA) is 53.7 Å². The maximum atomic E-state index is 8.95. The van der Waals surface area contributed by atoms with Gasteiger partial charge in [-0.1, -0.05) is 0 Å². The lowest BCUT2D eigenvalue weighted by atomic mass is 10.2. The van der Waals surface area contributed by atoms with Crippen molar-refractivity contribution in [1.29, 1.82) is 5.26 Å². The lowest BCUT2D eigenvalue weighted by molar-refractivity contribution is 0.415. The maximum Gasteiger partial charge on any atom is 0.182 e. The monoisotopic (exact) mass is 359 g/mol. The minimum Gasteiger partial charge on any atom is -0.497 e. The van der Waals surface area contributed by atoms with Crippen LogP contribution in [0, 0.1) is 16.1 Å². The number of rotatable bonds is 2. The zero-order valence-electron chi connectivity index (χ0n) is 11.1. The van der Waals surface area contributed by atoms with E-state index in [9.17, 15) is 0 Å². The fourth-order valence-electron chi connectivity index (χ4n) is 2.21. The van der Waals surface area contributed by atoms with Crippen LogP contribution in [-0.2, 0) is 0 Å². The van der Waals surface area contributed by atoms with Gasteiger partial charge in [-0.3, -0.25) is 4.57 Å². The highest BCUT2D eigenvalue weighted by molar-refractivity contribution is 9.10. The molecule has 0 atom stereocenters. The predicted molar refractivity (Wildman–Crippen MR) is 87.4 cm³/mol. The highest BCUT2D eigenvalue weighted by atomic mass is 79.9. The summed E-state index contributed by atoms with van der Waals surface area (Å²) < 4.78 is 8.55. The average Bonchev–Trinajstić information content (AvgIpc) is 2.82. The number of aromatic amines is 1. The number of halogens is 1. The van der Waals surface area contributed by atoms with Gasteiger partial charge in [-0.25, -0.2) is 0 Å². The van der Waals surface area contributed by atoms with Crippen LogP contribution in [0.5, 0.6) is 5.75 Å². The molecular weight excluding hydrogens is 350 g/mol. The molecule has 0 radical (unpaired) electrons. The first kappa shape index (κ1) is 13.9. The number of nitriles is 1. The van der Waals surface area contributed by atoms with Crippen LogP contribution in [0.2, 0.25) is 0 Å².